The lowest BCUT2D eigenvalue weighted by Crippen LogP contribution is -2.36. The maximum absolute atomic E-state index is 12.6. The summed E-state index contributed by atoms with van der Waals surface area (Å²) in [5, 5.41) is 19.2. The van der Waals surface area contributed by atoms with Crippen LogP contribution in [0.4, 0.5) is 0 Å². The molecule has 32 heavy (non-hydrogen) atoms. The molecule has 0 aliphatic carbocycles. The molecule has 1 atom stereocenters. The van der Waals surface area contributed by atoms with E-state index in [9.17, 15) is 4.79 Å². The molecular formula is C25H36N6O. The normalized spacial score (nSPS) is 19.5. The van der Waals surface area contributed by atoms with Gasteiger partial charge in [-0.1, -0.05) is 18.7 Å². The van der Waals surface area contributed by atoms with Gasteiger partial charge in [0, 0.05) is 44.9 Å². The van der Waals surface area contributed by atoms with E-state index >= 15 is 0 Å². The zero-order chi connectivity index (χ0) is 23.4. The Hall–Kier alpha value is -3.06. The third kappa shape index (κ3) is 5.40. The van der Waals surface area contributed by atoms with Crippen molar-refractivity contribution in [3.63, 3.8) is 0 Å². The number of hydrogen-bond donors (Lipinski definition) is 3. The van der Waals surface area contributed by atoms with Gasteiger partial charge in [-0.3, -0.25) is 25.5 Å². The Morgan fingerprint density at radius 2 is 2.12 bits per heavy atom. The highest BCUT2D eigenvalue weighted by atomic mass is 16.1. The molecule has 0 aromatic carbocycles. The van der Waals surface area contributed by atoms with Gasteiger partial charge in [-0.15, -0.1) is 0 Å². The Bertz CT molecular complexity index is 997. The van der Waals surface area contributed by atoms with E-state index in [-0.39, 0.29) is 13.4 Å². The number of hydrogen-bond acceptors (Lipinski definition) is 5. The highest BCUT2D eigenvalue weighted by molar-refractivity contribution is 6.07. The highest BCUT2D eigenvalue weighted by Crippen LogP contribution is 2.22. The minimum absolute atomic E-state index is 0. The smallest absolute Gasteiger partial charge is 0.274 e. The molecule has 3 N–H and O–H groups in total. The average Bonchev–Trinajstić information content (AvgIpc) is 3.09. The number of amidine groups is 2. The van der Waals surface area contributed by atoms with Crippen LogP contribution in [0.15, 0.2) is 48.3 Å². The van der Waals surface area contributed by atoms with Gasteiger partial charge < -0.3 is 10.2 Å². The summed E-state index contributed by atoms with van der Waals surface area (Å²) in [7, 11) is 0. The second kappa shape index (κ2) is 10.0. The van der Waals surface area contributed by atoms with Crippen LogP contribution in [0.2, 0.25) is 0 Å². The summed E-state index contributed by atoms with van der Waals surface area (Å²) in [4.78, 5) is 21.1. The lowest BCUT2D eigenvalue weighted by Gasteiger charge is -2.31. The maximum atomic E-state index is 12.6. The van der Waals surface area contributed by atoms with Crippen molar-refractivity contribution in [2.75, 3.05) is 6.54 Å². The molecule has 2 aliphatic heterocycles. The van der Waals surface area contributed by atoms with E-state index in [0.29, 0.717) is 35.5 Å². The third-order valence-electron chi connectivity index (χ3n) is 6.15. The quantitative estimate of drug-likeness (QED) is 0.352. The molecule has 0 bridgehead atoms. The average molecular weight is 437 g/mol. The fourth-order valence-corrected chi connectivity index (χ4v) is 4.07. The summed E-state index contributed by atoms with van der Waals surface area (Å²) >= 11 is 0. The van der Waals surface area contributed by atoms with E-state index < -0.39 is 0 Å². The number of aromatic nitrogens is 1. The molecule has 0 spiro atoms. The van der Waals surface area contributed by atoms with Crippen molar-refractivity contribution >= 4 is 17.6 Å². The molecule has 172 valence electrons. The van der Waals surface area contributed by atoms with E-state index in [1.165, 1.54) is 5.56 Å². The largest absolute Gasteiger partial charge is 0.321 e. The molecule has 0 saturated carbocycles. The summed E-state index contributed by atoms with van der Waals surface area (Å²) in [6, 6.07) is 2.53. The number of likely N-dealkylation sites (tertiary alicyclic amines) is 1. The second-order valence-electron chi connectivity index (χ2n) is 8.89. The Labute approximate surface area is 192 Å². The molecule has 3 rings (SSSR count). The van der Waals surface area contributed by atoms with Gasteiger partial charge in [0.2, 0.25) is 0 Å². The minimum Gasteiger partial charge on any atom is -0.321 e. The Morgan fingerprint density at radius 3 is 2.78 bits per heavy atom. The summed E-state index contributed by atoms with van der Waals surface area (Å²) in [5.41, 5.74) is 3.96. The molecule has 1 amide bonds. The molecule has 3 heterocycles. The fraction of sp³-hybridized carbons (Fsp3) is 0.440. The van der Waals surface area contributed by atoms with Crippen LogP contribution < -0.4 is 5.32 Å². The molecule has 2 aliphatic rings. The monoisotopic (exact) mass is 436 g/mol. The first-order valence-corrected chi connectivity index (χ1v) is 11.2. The number of carbonyl (C=O) groups excluding carboxylic acids is 1. The van der Waals surface area contributed by atoms with E-state index in [1.54, 1.807) is 23.1 Å². The Kier molecular flexibility index (Phi) is 7.40. The van der Waals surface area contributed by atoms with Crippen molar-refractivity contribution in [1.29, 1.82) is 10.8 Å². The van der Waals surface area contributed by atoms with Gasteiger partial charge >= 0.3 is 0 Å². The Balaban J connectivity index is 0.00000385. The number of nitrogens with zero attached hydrogens (tertiary/aromatic N) is 3. The van der Waals surface area contributed by atoms with Gasteiger partial charge in [0.25, 0.3) is 5.91 Å². The van der Waals surface area contributed by atoms with Crippen molar-refractivity contribution in [2.24, 2.45) is 0 Å². The molecule has 1 aromatic heterocycles. The molecule has 1 aromatic rings. The number of rotatable bonds is 6. The van der Waals surface area contributed by atoms with Crippen molar-refractivity contribution < 1.29 is 6.22 Å². The molecular weight excluding hydrogens is 400 g/mol. The van der Waals surface area contributed by atoms with Crippen LogP contribution in [-0.2, 0) is 13.0 Å². The molecule has 1 fully saturated rings. The van der Waals surface area contributed by atoms with Crippen LogP contribution in [0, 0.1) is 10.8 Å². The summed E-state index contributed by atoms with van der Waals surface area (Å²) < 4.78 is 0. The number of nitrogens with one attached hydrogen (secondary N) is 3. The third-order valence-corrected chi connectivity index (χ3v) is 6.15. The topological polar surface area (TPSA) is 96.2 Å². The van der Waals surface area contributed by atoms with Crippen molar-refractivity contribution in [3.05, 3.63) is 65.2 Å². The van der Waals surface area contributed by atoms with Crippen LogP contribution in [0.1, 0.15) is 63.6 Å². The van der Waals surface area contributed by atoms with E-state index in [2.05, 4.69) is 35.6 Å². The van der Waals surface area contributed by atoms with Crippen molar-refractivity contribution in [2.45, 2.75) is 65.6 Å². The predicted molar refractivity (Wildman–Crippen MR) is 131 cm³/mol. The van der Waals surface area contributed by atoms with E-state index in [0.717, 1.165) is 37.1 Å². The Morgan fingerprint density at radius 1 is 1.38 bits per heavy atom. The van der Waals surface area contributed by atoms with Crippen LogP contribution >= 0.6 is 0 Å². The second-order valence-corrected chi connectivity index (χ2v) is 8.89. The van der Waals surface area contributed by atoms with E-state index in [1.807, 2.05) is 26.1 Å². The zero-order valence-corrected chi connectivity index (χ0v) is 19.5. The van der Waals surface area contributed by atoms with Gasteiger partial charge in [-0.25, -0.2) is 0 Å². The first-order chi connectivity index (χ1) is 15.2. The van der Waals surface area contributed by atoms with Crippen molar-refractivity contribution in [1.82, 2.24) is 20.1 Å². The highest BCUT2D eigenvalue weighted by Gasteiger charge is 2.28. The van der Waals surface area contributed by atoms with Gasteiger partial charge in [0.15, 0.2) is 0 Å². The summed E-state index contributed by atoms with van der Waals surface area (Å²) in [6.07, 6.45) is 9.64. The molecule has 7 heteroatoms. The number of fused-ring (bicyclic) bond motifs is 1. The SMILES string of the molecule is C=C(/C=C\C=C(/C)C(=N)N1C(=N)CC[C@@H]1C)NC(=O)c1cc2c(cn1)CCN(C(C)C)C2.[HH]. The molecule has 7 nitrogen and oxygen atoms in total. The number of allylic oxidation sites excluding steroid dienone is 3. The first kappa shape index (κ1) is 23.6. The van der Waals surface area contributed by atoms with E-state index in [4.69, 9.17) is 10.8 Å². The van der Waals surface area contributed by atoms with Gasteiger partial charge in [0.05, 0.1) is 0 Å². The first-order valence-electron chi connectivity index (χ1n) is 11.2. The fourth-order valence-electron chi connectivity index (χ4n) is 4.07. The predicted octanol–water partition coefficient (Wildman–Crippen LogP) is 4.28. The standard InChI is InChI=1S/C25H34N6O.H2/c1-16(2)30-12-11-20-14-28-22(13-21(20)15-30)25(32)29-18(4)8-6-7-17(3)24(27)31-19(5)9-10-23(31)26;/h6-8,13-14,16,19,26-27H,4,9-12,15H2,1-3,5H3,(H,29,32);1H/b8-6-,17-7+,26-23?,27-24?;/t19-;/m0./s1. The van der Waals surface area contributed by atoms with Crippen LogP contribution in [0.25, 0.3) is 0 Å². The maximum Gasteiger partial charge on any atom is 0.274 e. The number of pyridine rings is 1. The summed E-state index contributed by atoms with van der Waals surface area (Å²) in [6.45, 7) is 14.0. The molecule has 1 saturated heterocycles. The lowest BCUT2D eigenvalue weighted by molar-refractivity contribution is 0.0962. The zero-order valence-electron chi connectivity index (χ0n) is 19.5. The number of carbonyl (C=O) groups is 1. The minimum atomic E-state index is -0.281. The number of amides is 1. The van der Waals surface area contributed by atoms with Gasteiger partial charge in [0.1, 0.15) is 17.4 Å². The summed E-state index contributed by atoms with van der Waals surface area (Å²) in [5.74, 6) is 0.551. The molecule has 0 radical (unpaired) electrons. The van der Waals surface area contributed by atoms with Crippen LogP contribution in [0.3, 0.4) is 0 Å². The lowest BCUT2D eigenvalue weighted by atomic mass is 10.00. The van der Waals surface area contributed by atoms with Crippen LogP contribution in [0.5, 0.6) is 0 Å². The molecule has 0 unspecified atom stereocenters. The van der Waals surface area contributed by atoms with Crippen molar-refractivity contribution in [3.8, 4) is 0 Å². The van der Waals surface area contributed by atoms with Crippen LogP contribution in [-0.4, -0.2) is 51.0 Å². The van der Waals surface area contributed by atoms with Gasteiger partial charge in [-0.2, -0.15) is 0 Å². The van der Waals surface area contributed by atoms with Gasteiger partial charge in [-0.05, 0) is 69.4 Å².